The number of hydrogen-bond donors (Lipinski definition) is 2. The minimum atomic E-state index is 0.0684. The number of rotatable bonds is 4. The van der Waals surface area contributed by atoms with E-state index in [1.807, 2.05) is 25.8 Å². The summed E-state index contributed by atoms with van der Waals surface area (Å²) in [5, 5.41) is 6.32. The Morgan fingerprint density at radius 3 is 3.00 bits per heavy atom. The van der Waals surface area contributed by atoms with Crippen molar-refractivity contribution in [1.29, 1.82) is 0 Å². The van der Waals surface area contributed by atoms with Gasteiger partial charge in [0.2, 0.25) is 5.91 Å². The Hall–Kier alpha value is -1.55. The summed E-state index contributed by atoms with van der Waals surface area (Å²) in [5.74, 6) is 0.0684. The van der Waals surface area contributed by atoms with Crippen molar-refractivity contribution in [3.63, 3.8) is 0 Å². The predicted molar refractivity (Wildman–Crippen MR) is 78.4 cm³/mol. The van der Waals surface area contributed by atoms with Crippen LogP contribution in [-0.4, -0.2) is 32.1 Å². The molecule has 0 atom stereocenters. The molecule has 4 heteroatoms. The van der Waals surface area contributed by atoms with Gasteiger partial charge in [-0.2, -0.15) is 0 Å². The van der Waals surface area contributed by atoms with E-state index in [-0.39, 0.29) is 11.9 Å². The van der Waals surface area contributed by atoms with Crippen molar-refractivity contribution in [2.75, 3.05) is 25.0 Å². The zero-order chi connectivity index (χ0) is 13.8. The summed E-state index contributed by atoms with van der Waals surface area (Å²) >= 11 is 0. The number of amides is 1. The number of hydrogen-bond acceptors (Lipinski definition) is 3. The molecule has 19 heavy (non-hydrogen) atoms. The van der Waals surface area contributed by atoms with Crippen LogP contribution in [0.5, 0.6) is 0 Å². The highest BCUT2D eigenvalue weighted by Crippen LogP contribution is 2.25. The molecule has 0 fully saturated rings. The fourth-order valence-electron chi connectivity index (χ4n) is 2.52. The lowest BCUT2D eigenvalue weighted by Crippen LogP contribution is -2.39. The van der Waals surface area contributed by atoms with Gasteiger partial charge in [0.25, 0.3) is 0 Å². The zero-order valence-corrected chi connectivity index (χ0v) is 12.0. The van der Waals surface area contributed by atoms with E-state index < -0.39 is 0 Å². The van der Waals surface area contributed by atoms with Crippen LogP contribution in [0.4, 0.5) is 5.69 Å². The summed E-state index contributed by atoms with van der Waals surface area (Å²) in [7, 11) is 1.98. The lowest BCUT2D eigenvalue weighted by Gasteiger charge is -2.26. The van der Waals surface area contributed by atoms with Crippen LogP contribution in [0.15, 0.2) is 18.2 Å². The highest BCUT2D eigenvalue weighted by Gasteiger charge is 2.16. The molecule has 2 rings (SSSR count). The lowest BCUT2D eigenvalue weighted by molar-refractivity contribution is -0.120. The average Bonchev–Trinajstić information content (AvgIpc) is 2.36. The molecule has 0 aliphatic carbocycles. The van der Waals surface area contributed by atoms with Gasteiger partial charge < -0.3 is 15.5 Å². The predicted octanol–water partition coefficient (Wildman–Crippen LogP) is 1.29. The number of likely N-dealkylation sites (N-methyl/N-ethyl adjacent to an activating group) is 1. The van der Waals surface area contributed by atoms with E-state index in [0.717, 1.165) is 25.2 Å². The van der Waals surface area contributed by atoms with E-state index in [4.69, 9.17) is 0 Å². The number of nitrogens with zero attached hydrogens (tertiary/aromatic N) is 1. The van der Waals surface area contributed by atoms with Crippen LogP contribution in [0.25, 0.3) is 0 Å². The van der Waals surface area contributed by atoms with Gasteiger partial charge in [0.15, 0.2) is 0 Å². The third-order valence-corrected chi connectivity index (χ3v) is 3.36. The van der Waals surface area contributed by atoms with E-state index in [1.165, 1.54) is 11.1 Å². The van der Waals surface area contributed by atoms with E-state index in [2.05, 4.69) is 28.8 Å². The van der Waals surface area contributed by atoms with E-state index >= 15 is 0 Å². The Morgan fingerprint density at radius 1 is 1.47 bits per heavy atom. The molecule has 0 unspecified atom stereocenters. The van der Waals surface area contributed by atoms with Gasteiger partial charge in [0, 0.05) is 25.3 Å². The minimum absolute atomic E-state index is 0.0684. The number of carbonyl (C=O) groups excluding carboxylic acids is 1. The van der Waals surface area contributed by atoms with Crippen molar-refractivity contribution < 1.29 is 4.79 Å². The van der Waals surface area contributed by atoms with Crippen molar-refractivity contribution in [2.24, 2.45) is 0 Å². The first-order valence-corrected chi connectivity index (χ1v) is 6.90. The van der Waals surface area contributed by atoms with Gasteiger partial charge in [-0.15, -0.1) is 0 Å². The Balaban J connectivity index is 2.11. The Kier molecular flexibility index (Phi) is 4.43. The summed E-state index contributed by atoms with van der Waals surface area (Å²) in [4.78, 5) is 13.9. The van der Waals surface area contributed by atoms with Crippen molar-refractivity contribution in [3.05, 3.63) is 29.3 Å². The summed E-state index contributed by atoms with van der Waals surface area (Å²) in [6.45, 7) is 6.28. The quantitative estimate of drug-likeness (QED) is 0.858. The van der Waals surface area contributed by atoms with E-state index in [0.29, 0.717) is 6.54 Å². The Bertz CT molecular complexity index is 457. The fourth-order valence-corrected chi connectivity index (χ4v) is 2.52. The first kappa shape index (κ1) is 13.9. The molecule has 1 aliphatic heterocycles. The van der Waals surface area contributed by atoms with Gasteiger partial charge in [0.05, 0.1) is 6.54 Å². The second-order valence-electron chi connectivity index (χ2n) is 5.42. The third-order valence-electron chi connectivity index (χ3n) is 3.36. The molecule has 0 saturated heterocycles. The first-order chi connectivity index (χ1) is 9.08. The second-order valence-corrected chi connectivity index (χ2v) is 5.42. The molecule has 1 heterocycles. The molecule has 104 valence electrons. The number of benzene rings is 1. The highest BCUT2D eigenvalue weighted by atomic mass is 16.2. The van der Waals surface area contributed by atoms with Crippen LogP contribution >= 0.6 is 0 Å². The van der Waals surface area contributed by atoms with E-state index in [1.54, 1.807) is 0 Å². The average molecular weight is 261 g/mol. The smallest absolute Gasteiger partial charge is 0.239 e. The fraction of sp³-hybridized carbons (Fsp3) is 0.533. The molecular weight excluding hydrogens is 238 g/mol. The summed E-state index contributed by atoms with van der Waals surface area (Å²) in [5.41, 5.74) is 3.88. The third kappa shape index (κ3) is 3.47. The molecule has 4 nitrogen and oxygen atoms in total. The van der Waals surface area contributed by atoms with Crippen molar-refractivity contribution in [2.45, 2.75) is 32.9 Å². The van der Waals surface area contributed by atoms with Crippen LogP contribution in [0.1, 0.15) is 25.0 Å². The molecule has 0 saturated carbocycles. The molecule has 0 bridgehead atoms. The van der Waals surface area contributed by atoms with Crippen LogP contribution in [0.2, 0.25) is 0 Å². The number of nitrogens with one attached hydrogen (secondary N) is 2. The molecule has 1 aromatic rings. The molecule has 1 amide bonds. The monoisotopic (exact) mass is 261 g/mol. The SMILES string of the molecule is CC(C)NC(=O)CN(C)c1cccc2c1CNCC2. The molecule has 0 spiro atoms. The van der Waals surface area contributed by atoms with Crippen molar-refractivity contribution >= 4 is 11.6 Å². The molecule has 0 aromatic heterocycles. The maximum absolute atomic E-state index is 11.8. The summed E-state index contributed by atoms with van der Waals surface area (Å²) in [6.07, 6.45) is 1.06. The normalized spacial score (nSPS) is 14.1. The minimum Gasteiger partial charge on any atom is -0.365 e. The van der Waals surface area contributed by atoms with Gasteiger partial charge in [-0.25, -0.2) is 0 Å². The van der Waals surface area contributed by atoms with E-state index in [9.17, 15) is 4.79 Å². The molecule has 1 aromatic carbocycles. The summed E-state index contributed by atoms with van der Waals surface area (Å²) < 4.78 is 0. The molecule has 0 radical (unpaired) electrons. The van der Waals surface area contributed by atoms with Gasteiger partial charge in [-0.05, 0) is 44.0 Å². The van der Waals surface area contributed by atoms with Crippen LogP contribution < -0.4 is 15.5 Å². The van der Waals surface area contributed by atoms with Crippen LogP contribution in [0, 0.1) is 0 Å². The largest absolute Gasteiger partial charge is 0.365 e. The van der Waals surface area contributed by atoms with Gasteiger partial charge in [-0.1, -0.05) is 12.1 Å². The molecular formula is C15H23N3O. The van der Waals surface area contributed by atoms with Crippen LogP contribution in [-0.2, 0) is 17.8 Å². The molecule has 2 N–H and O–H groups in total. The highest BCUT2D eigenvalue weighted by molar-refractivity contribution is 5.81. The number of anilines is 1. The van der Waals surface area contributed by atoms with Crippen LogP contribution in [0.3, 0.4) is 0 Å². The maximum Gasteiger partial charge on any atom is 0.239 e. The Morgan fingerprint density at radius 2 is 2.26 bits per heavy atom. The van der Waals surface area contributed by atoms with Gasteiger partial charge in [0.1, 0.15) is 0 Å². The van der Waals surface area contributed by atoms with Crippen molar-refractivity contribution in [3.8, 4) is 0 Å². The standard InChI is InChI=1S/C15H23N3O/c1-11(2)17-15(19)10-18(3)14-6-4-5-12-7-8-16-9-13(12)14/h4-6,11,16H,7-10H2,1-3H3,(H,17,19). The zero-order valence-electron chi connectivity index (χ0n) is 12.0. The van der Waals surface area contributed by atoms with Crippen molar-refractivity contribution in [1.82, 2.24) is 10.6 Å². The Labute approximate surface area is 115 Å². The summed E-state index contributed by atoms with van der Waals surface area (Å²) in [6, 6.07) is 6.54. The first-order valence-electron chi connectivity index (χ1n) is 6.90. The number of fused-ring (bicyclic) bond motifs is 1. The number of carbonyl (C=O) groups is 1. The van der Waals surface area contributed by atoms with Gasteiger partial charge >= 0.3 is 0 Å². The topological polar surface area (TPSA) is 44.4 Å². The molecule has 1 aliphatic rings. The van der Waals surface area contributed by atoms with Gasteiger partial charge in [-0.3, -0.25) is 4.79 Å². The second kappa shape index (κ2) is 6.06. The maximum atomic E-state index is 11.8. The lowest BCUT2D eigenvalue weighted by atomic mass is 9.99.